The van der Waals surface area contributed by atoms with Crippen LogP contribution in [0.1, 0.15) is 20.8 Å². The molecule has 0 radical (unpaired) electrons. The zero-order chi connectivity index (χ0) is 9.12. The van der Waals surface area contributed by atoms with Gasteiger partial charge in [0.25, 0.3) is 5.97 Å². The number of hydrogen-bond donors (Lipinski definition) is 3. The molecule has 0 atom stereocenters. The van der Waals surface area contributed by atoms with Crippen LogP contribution in [0.3, 0.4) is 0 Å². The predicted octanol–water partition coefficient (Wildman–Crippen LogP) is -0.320. The van der Waals surface area contributed by atoms with Crippen molar-refractivity contribution in [1.29, 1.82) is 0 Å². The van der Waals surface area contributed by atoms with Gasteiger partial charge in [-0.05, 0) is 20.8 Å². The van der Waals surface area contributed by atoms with Crippen molar-refractivity contribution in [2.24, 2.45) is 5.41 Å². The first kappa shape index (κ1) is 10.8. The predicted molar refractivity (Wildman–Crippen MR) is 39.7 cm³/mol. The lowest BCUT2D eigenvalue weighted by Gasteiger charge is -2.35. The van der Waals surface area contributed by atoms with E-state index in [0.29, 0.717) is 0 Å². The largest absolute Gasteiger partial charge is 0.395 e. The van der Waals surface area contributed by atoms with Crippen molar-refractivity contribution < 1.29 is 20.1 Å². The highest BCUT2D eigenvalue weighted by atomic mass is 16.8. The molecule has 0 saturated heterocycles. The van der Waals surface area contributed by atoms with Crippen LogP contribution < -0.4 is 0 Å². The quantitative estimate of drug-likeness (QED) is 0.498. The Balaban J connectivity index is 4.26. The van der Waals surface area contributed by atoms with Crippen molar-refractivity contribution >= 4 is 0 Å². The second-order valence-corrected chi connectivity index (χ2v) is 3.08. The molecule has 0 aliphatic heterocycles. The molecule has 0 bridgehead atoms. The van der Waals surface area contributed by atoms with Gasteiger partial charge in [0.15, 0.2) is 0 Å². The monoisotopic (exact) mass is 164 g/mol. The summed E-state index contributed by atoms with van der Waals surface area (Å²) in [5, 5.41) is 27.2. The zero-order valence-corrected chi connectivity index (χ0v) is 7.16. The SMILES string of the molecule is CCOC(O)(O)C(C)(C)CO. The van der Waals surface area contributed by atoms with Crippen molar-refractivity contribution in [2.45, 2.75) is 26.7 Å². The van der Waals surface area contributed by atoms with E-state index in [4.69, 9.17) is 5.11 Å². The van der Waals surface area contributed by atoms with Crippen LogP contribution in [0.15, 0.2) is 0 Å². The third-order valence-electron chi connectivity index (χ3n) is 1.62. The van der Waals surface area contributed by atoms with Gasteiger partial charge in [-0.2, -0.15) is 0 Å². The van der Waals surface area contributed by atoms with Gasteiger partial charge in [-0.1, -0.05) is 0 Å². The van der Waals surface area contributed by atoms with Crippen molar-refractivity contribution in [1.82, 2.24) is 0 Å². The first-order chi connectivity index (χ1) is 4.87. The summed E-state index contributed by atoms with van der Waals surface area (Å²) in [5.41, 5.74) is -1.07. The fraction of sp³-hybridized carbons (Fsp3) is 1.00. The maximum absolute atomic E-state index is 9.22. The molecule has 0 aromatic carbocycles. The van der Waals surface area contributed by atoms with Crippen LogP contribution in [0.4, 0.5) is 0 Å². The molecular weight excluding hydrogens is 148 g/mol. The summed E-state index contributed by atoms with van der Waals surface area (Å²) < 4.78 is 4.64. The minimum absolute atomic E-state index is 0.191. The van der Waals surface area contributed by atoms with Crippen molar-refractivity contribution in [2.75, 3.05) is 13.2 Å². The van der Waals surface area contributed by atoms with Crippen LogP contribution in [-0.2, 0) is 4.74 Å². The summed E-state index contributed by atoms with van der Waals surface area (Å²) in [6.07, 6.45) is 0. The van der Waals surface area contributed by atoms with Crippen LogP contribution in [0.2, 0.25) is 0 Å². The third-order valence-corrected chi connectivity index (χ3v) is 1.62. The van der Waals surface area contributed by atoms with Crippen LogP contribution in [0, 0.1) is 5.41 Å². The number of aliphatic hydroxyl groups excluding tert-OH is 1. The molecule has 0 fully saturated rings. The maximum atomic E-state index is 9.22. The lowest BCUT2D eigenvalue weighted by molar-refractivity contribution is -0.391. The number of rotatable bonds is 4. The topological polar surface area (TPSA) is 69.9 Å². The molecule has 0 aliphatic rings. The van der Waals surface area contributed by atoms with Crippen molar-refractivity contribution in [3.8, 4) is 0 Å². The fourth-order valence-electron chi connectivity index (χ4n) is 0.500. The molecular formula is C7H16O4. The van der Waals surface area contributed by atoms with E-state index in [9.17, 15) is 10.2 Å². The summed E-state index contributed by atoms with van der Waals surface area (Å²) in [6.45, 7) is 4.50. The zero-order valence-electron chi connectivity index (χ0n) is 7.16. The molecule has 0 amide bonds. The molecule has 0 rings (SSSR count). The Morgan fingerprint density at radius 2 is 1.73 bits per heavy atom. The minimum Gasteiger partial charge on any atom is -0.395 e. The van der Waals surface area contributed by atoms with Crippen LogP contribution in [-0.4, -0.2) is 34.5 Å². The average Bonchev–Trinajstić information content (AvgIpc) is 1.87. The van der Waals surface area contributed by atoms with Crippen molar-refractivity contribution in [3.05, 3.63) is 0 Å². The summed E-state index contributed by atoms with van der Waals surface area (Å²) >= 11 is 0. The van der Waals surface area contributed by atoms with Gasteiger partial charge in [-0.3, -0.25) is 0 Å². The molecule has 0 aromatic rings. The Labute approximate surface area is 66.4 Å². The van der Waals surface area contributed by atoms with E-state index in [0.717, 1.165) is 0 Å². The molecule has 68 valence electrons. The second kappa shape index (κ2) is 3.49. The number of hydrogen-bond acceptors (Lipinski definition) is 4. The number of ether oxygens (including phenoxy) is 1. The first-order valence-electron chi connectivity index (χ1n) is 3.57. The van der Waals surface area contributed by atoms with Gasteiger partial charge in [0, 0.05) is 6.61 Å². The molecule has 11 heavy (non-hydrogen) atoms. The highest BCUT2D eigenvalue weighted by Gasteiger charge is 2.42. The molecule has 0 unspecified atom stereocenters. The van der Waals surface area contributed by atoms with Crippen molar-refractivity contribution in [3.63, 3.8) is 0 Å². The average molecular weight is 164 g/mol. The smallest absolute Gasteiger partial charge is 0.285 e. The van der Waals surface area contributed by atoms with Crippen LogP contribution in [0.5, 0.6) is 0 Å². The summed E-state index contributed by atoms with van der Waals surface area (Å²) in [6, 6.07) is 0. The molecule has 4 nitrogen and oxygen atoms in total. The fourth-order valence-corrected chi connectivity index (χ4v) is 0.500. The van der Waals surface area contributed by atoms with E-state index in [2.05, 4.69) is 4.74 Å². The van der Waals surface area contributed by atoms with Gasteiger partial charge in [-0.25, -0.2) is 0 Å². The van der Waals surface area contributed by atoms with Gasteiger partial charge in [-0.15, -0.1) is 0 Å². The molecule has 0 aliphatic carbocycles. The molecule has 0 heterocycles. The number of aliphatic hydroxyl groups is 3. The first-order valence-corrected chi connectivity index (χ1v) is 3.57. The van der Waals surface area contributed by atoms with Gasteiger partial charge in [0.05, 0.1) is 12.0 Å². The summed E-state index contributed by atoms with van der Waals surface area (Å²) in [7, 11) is 0. The van der Waals surface area contributed by atoms with Crippen LogP contribution >= 0.6 is 0 Å². The molecule has 0 saturated carbocycles. The van der Waals surface area contributed by atoms with E-state index in [1.54, 1.807) is 6.92 Å². The normalized spacial score (nSPS) is 13.6. The third kappa shape index (κ3) is 2.41. The minimum atomic E-state index is -2.25. The standard InChI is InChI=1S/C7H16O4/c1-4-11-7(9,10)6(2,3)5-8/h8-10H,4-5H2,1-3H3. The van der Waals surface area contributed by atoms with Gasteiger partial charge >= 0.3 is 0 Å². The Bertz CT molecular complexity index is 120. The van der Waals surface area contributed by atoms with E-state index in [1.807, 2.05) is 0 Å². The van der Waals surface area contributed by atoms with E-state index >= 15 is 0 Å². The second-order valence-electron chi connectivity index (χ2n) is 3.08. The molecule has 4 heteroatoms. The molecule has 0 aromatic heterocycles. The van der Waals surface area contributed by atoms with E-state index in [1.165, 1.54) is 13.8 Å². The van der Waals surface area contributed by atoms with E-state index < -0.39 is 11.4 Å². The Morgan fingerprint density at radius 1 is 1.27 bits per heavy atom. The lowest BCUT2D eigenvalue weighted by Crippen LogP contribution is -2.49. The summed E-state index contributed by atoms with van der Waals surface area (Å²) in [4.78, 5) is 0. The van der Waals surface area contributed by atoms with Gasteiger partial charge in [0.2, 0.25) is 0 Å². The van der Waals surface area contributed by atoms with E-state index in [-0.39, 0.29) is 13.2 Å². The van der Waals surface area contributed by atoms with Gasteiger partial charge < -0.3 is 20.1 Å². The Kier molecular flexibility index (Phi) is 3.44. The Morgan fingerprint density at radius 3 is 2.00 bits per heavy atom. The maximum Gasteiger partial charge on any atom is 0.285 e. The summed E-state index contributed by atoms with van der Waals surface area (Å²) in [5.74, 6) is -2.25. The highest BCUT2D eigenvalue weighted by molar-refractivity contribution is 4.75. The Hall–Kier alpha value is -0.160. The lowest BCUT2D eigenvalue weighted by atomic mass is 9.91. The van der Waals surface area contributed by atoms with Gasteiger partial charge in [0.1, 0.15) is 0 Å². The molecule has 0 spiro atoms. The molecule has 3 N–H and O–H groups in total. The van der Waals surface area contributed by atoms with Crippen LogP contribution in [0.25, 0.3) is 0 Å². The highest BCUT2D eigenvalue weighted by Crippen LogP contribution is 2.28.